The van der Waals surface area contributed by atoms with E-state index < -0.39 is 0 Å². The maximum absolute atomic E-state index is 4.34. The van der Waals surface area contributed by atoms with Crippen molar-refractivity contribution >= 4 is 27.4 Å². The first-order valence-electron chi connectivity index (χ1n) is 5.52. The molecule has 1 heterocycles. The predicted molar refractivity (Wildman–Crippen MR) is 75.9 cm³/mol. The lowest BCUT2D eigenvalue weighted by molar-refractivity contribution is 1.25. The number of nitrogens with zero attached hydrogens (tertiary/aromatic N) is 1. The molecular weight excluding hydrogens is 276 g/mol. The Kier molecular flexibility index (Phi) is 3.48. The fraction of sp³-hybridized carbons (Fsp3) is 0.214. The van der Waals surface area contributed by atoms with Gasteiger partial charge in [-0.15, -0.1) is 0 Å². The van der Waals surface area contributed by atoms with E-state index in [0.717, 1.165) is 16.0 Å². The molecule has 1 aromatic carbocycles. The molecule has 2 nitrogen and oxygen atoms in total. The van der Waals surface area contributed by atoms with Crippen LogP contribution in [0.1, 0.15) is 16.7 Å². The average Bonchev–Trinajstić information content (AvgIpc) is 2.22. The maximum atomic E-state index is 4.34. The van der Waals surface area contributed by atoms with Crippen molar-refractivity contribution in [3.63, 3.8) is 0 Å². The number of aromatic nitrogens is 1. The maximum Gasteiger partial charge on any atom is 0.130 e. The van der Waals surface area contributed by atoms with Crippen LogP contribution < -0.4 is 5.32 Å². The zero-order valence-electron chi connectivity index (χ0n) is 10.2. The Hall–Kier alpha value is -1.35. The van der Waals surface area contributed by atoms with Gasteiger partial charge in [-0.05, 0) is 71.6 Å². The molecule has 3 heteroatoms. The molecule has 17 heavy (non-hydrogen) atoms. The van der Waals surface area contributed by atoms with Crippen molar-refractivity contribution in [2.75, 3.05) is 5.32 Å². The van der Waals surface area contributed by atoms with Gasteiger partial charge in [0.15, 0.2) is 0 Å². The lowest BCUT2D eigenvalue weighted by Crippen LogP contribution is -1.95. The van der Waals surface area contributed by atoms with E-state index in [1.807, 2.05) is 12.3 Å². The molecule has 0 saturated heterocycles. The number of hydrogen-bond donors (Lipinski definition) is 1. The van der Waals surface area contributed by atoms with Gasteiger partial charge in [0, 0.05) is 16.4 Å². The molecule has 0 saturated carbocycles. The van der Waals surface area contributed by atoms with Gasteiger partial charge in [0.05, 0.1) is 0 Å². The number of benzene rings is 1. The van der Waals surface area contributed by atoms with Crippen molar-refractivity contribution in [1.29, 1.82) is 0 Å². The topological polar surface area (TPSA) is 24.9 Å². The number of nitrogens with one attached hydrogen (secondary N) is 1. The Morgan fingerprint density at radius 1 is 1.00 bits per heavy atom. The quantitative estimate of drug-likeness (QED) is 0.880. The Labute approximate surface area is 110 Å². The summed E-state index contributed by atoms with van der Waals surface area (Å²) in [6, 6.07) is 8.42. The van der Waals surface area contributed by atoms with Crippen LogP contribution in [0.2, 0.25) is 0 Å². The van der Waals surface area contributed by atoms with E-state index in [9.17, 15) is 0 Å². The molecule has 0 aliphatic carbocycles. The van der Waals surface area contributed by atoms with Gasteiger partial charge in [0.1, 0.15) is 5.82 Å². The Morgan fingerprint density at radius 3 is 2.24 bits per heavy atom. The number of aryl methyl sites for hydroxylation is 3. The van der Waals surface area contributed by atoms with Crippen LogP contribution in [-0.4, -0.2) is 4.98 Å². The normalized spacial score (nSPS) is 10.4. The third-order valence-corrected chi connectivity index (χ3v) is 3.37. The second-order valence-electron chi connectivity index (χ2n) is 4.32. The molecule has 1 aromatic heterocycles. The zero-order chi connectivity index (χ0) is 12.4. The number of halogens is 1. The molecule has 0 amide bonds. The summed E-state index contributed by atoms with van der Waals surface area (Å²) < 4.78 is 1.03. The molecule has 0 spiro atoms. The van der Waals surface area contributed by atoms with E-state index in [1.54, 1.807) is 0 Å². The minimum Gasteiger partial charge on any atom is -0.340 e. The molecule has 88 valence electrons. The first kappa shape index (κ1) is 12.1. The highest BCUT2D eigenvalue weighted by molar-refractivity contribution is 9.10. The number of pyridine rings is 1. The Bertz CT molecular complexity index is 530. The van der Waals surface area contributed by atoms with Crippen LogP contribution in [0.4, 0.5) is 11.5 Å². The van der Waals surface area contributed by atoms with E-state index in [2.05, 4.69) is 65.2 Å². The van der Waals surface area contributed by atoms with Gasteiger partial charge < -0.3 is 5.32 Å². The van der Waals surface area contributed by atoms with Crippen LogP contribution in [0.25, 0.3) is 0 Å². The molecule has 0 bridgehead atoms. The first-order chi connectivity index (χ1) is 8.04. The van der Waals surface area contributed by atoms with Crippen LogP contribution in [0, 0.1) is 20.8 Å². The minimum absolute atomic E-state index is 0.871. The molecule has 2 rings (SSSR count). The van der Waals surface area contributed by atoms with Crippen LogP contribution in [0.15, 0.2) is 34.9 Å². The Morgan fingerprint density at radius 2 is 1.65 bits per heavy atom. The van der Waals surface area contributed by atoms with E-state index in [-0.39, 0.29) is 0 Å². The molecular formula is C14H15BrN2. The third kappa shape index (κ3) is 3.07. The van der Waals surface area contributed by atoms with E-state index >= 15 is 0 Å². The number of hydrogen-bond acceptors (Lipinski definition) is 2. The van der Waals surface area contributed by atoms with Crippen LogP contribution in [-0.2, 0) is 0 Å². The lowest BCUT2D eigenvalue weighted by atomic mass is 10.1. The van der Waals surface area contributed by atoms with Gasteiger partial charge in [0.2, 0.25) is 0 Å². The highest BCUT2D eigenvalue weighted by Crippen LogP contribution is 2.21. The summed E-state index contributed by atoms with van der Waals surface area (Å²) >= 11 is 3.45. The minimum atomic E-state index is 0.871. The van der Waals surface area contributed by atoms with Gasteiger partial charge in [-0.25, -0.2) is 4.98 Å². The largest absolute Gasteiger partial charge is 0.340 e. The summed E-state index contributed by atoms with van der Waals surface area (Å²) in [5.41, 5.74) is 4.76. The highest BCUT2D eigenvalue weighted by Gasteiger charge is 2.00. The van der Waals surface area contributed by atoms with Crippen molar-refractivity contribution in [1.82, 2.24) is 4.98 Å². The van der Waals surface area contributed by atoms with Crippen molar-refractivity contribution in [3.05, 3.63) is 51.6 Å². The summed E-state index contributed by atoms with van der Waals surface area (Å²) in [7, 11) is 0. The molecule has 0 unspecified atom stereocenters. The SMILES string of the molecule is Cc1cc(C)cc(Nc2cc(C)c(Br)cn2)c1. The van der Waals surface area contributed by atoms with Crippen LogP contribution >= 0.6 is 15.9 Å². The summed E-state index contributed by atoms with van der Waals surface area (Å²) in [6.07, 6.45) is 1.82. The van der Waals surface area contributed by atoms with Gasteiger partial charge in [0.25, 0.3) is 0 Å². The standard InChI is InChI=1S/C14H15BrN2/c1-9-4-10(2)6-12(5-9)17-14-7-11(3)13(15)8-16-14/h4-8H,1-3H3,(H,16,17). The van der Waals surface area contributed by atoms with E-state index in [4.69, 9.17) is 0 Å². The van der Waals surface area contributed by atoms with Gasteiger partial charge in [-0.2, -0.15) is 0 Å². The van der Waals surface area contributed by atoms with Crippen LogP contribution in [0.5, 0.6) is 0 Å². The zero-order valence-corrected chi connectivity index (χ0v) is 11.8. The van der Waals surface area contributed by atoms with Crippen LogP contribution in [0.3, 0.4) is 0 Å². The molecule has 2 aromatic rings. The summed E-state index contributed by atoms with van der Waals surface area (Å²) in [5.74, 6) is 0.871. The van der Waals surface area contributed by atoms with Crippen molar-refractivity contribution in [2.45, 2.75) is 20.8 Å². The second kappa shape index (κ2) is 4.88. The van der Waals surface area contributed by atoms with Gasteiger partial charge in [-0.3, -0.25) is 0 Å². The Balaban J connectivity index is 2.28. The van der Waals surface area contributed by atoms with Crippen molar-refractivity contribution in [2.24, 2.45) is 0 Å². The molecule has 0 atom stereocenters. The monoisotopic (exact) mass is 290 g/mol. The van der Waals surface area contributed by atoms with Crippen molar-refractivity contribution < 1.29 is 0 Å². The van der Waals surface area contributed by atoms with Crippen molar-refractivity contribution in [3.8, 4) is 0 Å². The fourth-order valence-corrected chi connectivity index (χ4v) is 2.02. The highest BCUT2D eigenvalue weighted by atomic mass is 79.9. The third-order valence-electron chi connectivity index (χ3n) is 2.54. The van der Waals surface area contributed by atoms with Gasteiger partial charge >= 0.3 is 0 Å². The first-order valence-corrected chi connectivity index (χ1v) is 6.31. The fourth-order valence-electron chi connectivity index (χ4n) is 1.80. The average molecular weight is 291 g/mol. The second-order valence-corrected chi connectivity index (χ2v) is 5.17. The molecule has 0 aliphatic rings. The smallest absolute Gasteiger partial charge is 0.130 e. The predicted octanol–water partition coefficient (Wildman–Crippen LogP) is 4.51. The van der Waals surface area contributed by atoms with E-state index in [1.165, 1.54) is 16.7 Å². The summed E-state index contributed by atoms with van der Waals surface area (Å²) in [5, 5.41) is 3.32. The molecule has 0 fully saturated rings. The molecule has 0 aliphatic heterocycles. The summed E-state index contributed by atoms with van der Waals surface area (Å²) in [6.45, 7) is 6.25. The summed E-state index contributed by atoms with van der Waals surface area (Å²) in [4.78, 5) is 4.34. The molecule has 0 radical (unpaired) electrons. The van der Waals surface area contributed by atoms with E-state index in [0.29, 0.717) is 0 Å². The number of anilines is 2. The molecule has 1 N–H and O–H groups in total. The number of rotatable bonds is 2. The van der Waals surface area contributed by atoms with Gasteiger partial charge in [-0.1, -0.05) is 6.07 Å². The lowest BCUT2D eigenvalue weighted by Gasteiger charge is -2.09.